The maximum atomic E-state index is 6.48. The lowest BCUT2D eigenvalue weighted by Gasteiger charge is -2.26. The fourth-order valence-electron chi connectivity index (χ4n) is 5.62. The van der Waals surface area contributed by atoms with E-state index in [0.717, 1.165) is 60.9 Å². The van der Waals surface area contributed by atoms with Crippen LogP contribution in [0.25, 0.3) is 55.0 Å². The first-order valence-electron chi connectivity index (χ1n) is 13.1. The Hall–Kier alpha value is -5.28. The predicted octanol–water partition coefficient (Wildman–Crippen LogP) is 10.6. The lowest BCUT2D eigenvalue weighted by Crippen LogP contribution is -2.10. The Kier molecular flexibility index (Phi) is 4.82. The minimum absolute atomic E-state index is 0.864. The van der Waals surface area contributed by atoms with Gasteiger partial charge in [0.05, 0.1) is 5.69 Å². The Labute approximate surface area is 225 Å². The molecule has 184 valence electrons. The third-order valence-electron chi connectivity index (χ3n) is 7.48. The van der Waals surface area contributed by atoms with Gasteiger partial charge in [0, 0.05) is 32.9 Å². The molecule has 2 aromatic heterocycles. The van der Waals surface area contributed by atoms with Crippen molar-refractivity contribution in [1.82, 2.24) is 0 Å². The van der Waals surface area contributed by atoms with Crippen LogP contribution in [0.4, 0.5) is 17.1 Å². The van der Waals surface area contributed by atoms with E-state index in [9.17, 15) is 0 Å². The minimum Gasteiger partial charge on any atom is -0.456 e. The molecule has 8 rings (SSSR count). The van der Waals surface area contributed by atoms with Gasteiger partial charge in [0.2, 0.25) is 0 Å². The van der Waals surface area contributed by atoms with Crippen LogP contribution in [0.15, 0.2) is 148 Å². The van der Waals surface area contributed by atoms with E-state index in [4.69, 9.17) is 8.83 Å². The highest BCUT2D eigenvalue weighted by Gasteiger charge is 2.20. The minimum atomic E-state index is 0.864. The summed E-state index contributed by atoms with van der Waals surface area (Å²) in [7, 11) is 0. The molecule has 0 aliphatic carbocycles. The molecule has 0 fully saturated rings. The largest absolute Gasteiger partial charge is 0.456 e. The molecular formula is C36H23NO2. The second-order valence-corrected chi connectivity index (χ2v) is 9.78. The maximum absolute atomic E-state index is 6.48. The van der Waals surface area contributed by atoms with E-state index in [-0.39, 0.29) is 0 Å². The molecule has 0 N–H and O–H groups in total. The first kappa shape index (κ1) is 21.8. The van der Waals surface area contributed by atoms with Gasteiger partial charge in [-0.15, -0.1) is 0 Å². The molecule has 0 saturated carbocycles. The number of nitrogens with zero attached hydrogens (tertiary/aromatic N) is 1. The molecule has 0 bridgehead atoms. The molecule has 8 aromatic rings. The van der Waals surface area contributed by atoms with Crippen molar-refractivity contribution < 1.29 is 8.83 Å². The fraction of sp³-hybridized carbons (Fsp3) is 0. The van der Waals surface area contributed by atoms with Gasteiger partial charge < -0.3 is 13.7 Å². The summed E-state index contributed by atoms with van der Waals surface area (Å²) < 4.78 is 12.6. The van der Waals surface area contributed by atoms with Gasteiger partial charge in [-0.3, -0.25) is 0 Å². The second-order valence-electron chi connectivity index (χ2n) is 9.78. The van der Waals surface area contributed by atoms with Crippen molar-refractivity contribution in [2.75, 3.05) is 4.90 Å². The first-order chi connectivity index (χ1) is 19.3. The van der Waals surface area contributed by atoms with Crippen LogP contribution in [-0.4, -0.2) is 0 Å². The van der Waals surface area contributed by atoms with E-state index in [0.29, 0.717) is 0 Å². The van der Waals surface area contributed by atoms with Crippen LogP contribution in [-0.2, 0) is 0 Å². The molecule has 39 heavy (non-hydrogen) atoms. The van der Waals surface area contributed by atoms with Gasteiger partial charge in [-0.1, -0.05) is 91.0 Å². The smallest absolute Gasteiger partial charge is 0.159 e. The molecule has 0 atom stereocenters. The standard InChI is InChI=1S/C36H23NO2/c1-2-9-24(10-3-1)25-17-19-26(20-18-25)37(27-21-22-35-31(23-27)29-12-5-6-15-33(29)38-35)32-14-8-13-30-28-11-4-7-16-34(28)39-36(30)32/h1-23H. The third kappa shape index (κ3) is 3.52. The zero-order chi connectivity index (χ0) is 25.8. The molecule has 0 aliphatic heterocycles. The van der Waals surface area contributed by atoms with Gasteiger partial charge in [-0.25, -0.2) is 0 Å². The normalized spacial score (nSPS) is 11.6. The molecule has 0 spiro atoms. The van der Waals surface area contributed by atoms with Gasteiger partial charge in [0.1, 0.15) is 16.7 Å². The van der Waals surface area contributed by atoms with Crippen LogP contribution in [0, 0.1) is 0 Å². The number of hydrogen-bond donors (Lipinski definition) is 0. The molecule has 0 saturated heterocycles. The Morgan fingerprint density at radius 1 is 0.385 bits per heavy atom. The number of hydrogen-bond acceptors (Lipinski definition) is 3. The third-order valence-corrected chi connectivity index (χ3v) is 7.48. The number of furan rings is 2. The maximum Gasteiger partial charge on any atom is 0.159 e. The van der Waals surface area contributed by atoms with Crippen molar-refractivity contribution in [3.63, 3.8) is 0 Å². The molecule has 6 aromatic carbocycles. The average Bonchev–Trinajstić information content (AvgIpc) is 3.57. The van der Waals surface area contributed by atoms with E-state index in [1.54, 1.807) is 0 Å². The van der Waals surface area contributed by atoms with E-state index in [2.05, 4.69) is 114 Å². The highest BCUT2D eigenvalue weighted by Crippen LogP contribution is 2.43. The molecule has 0 unspecified atom stereocenters. The lowest BCUT2D eigenvalue weighted by molar-refractivity contribution is 0.669. The van der Waals surface area contributed by atoms with Crippen LogP contribution >= 0.6 is 0 Å². The zero-order valence-corrected chi connectivity index (χ0v) is 21.0. The Morgan fingerprint density at radius 3 is 1.77 bits per heavy atom. The number of rotatable bonds is 4. The van der Waals surface area contributed by atoms with Gasteiger partial charge in [-0.2, -0.15) is 0 Å². The van der Waals surface area contributed by atoms with Crippen molar-refractivity contribution in [2.24, 2.45) is 0 Å². The Morgan fingerprint density at radius 2 is 0.974 bits per heavy atom. The van der Waals surface area contributed by atoms with Crippen LogP contribution < -0.4 is 4.90 Å². The topological polar surface area (TPSA) is 29.5 Å². The summed E-state index contributed by atoms with van der Waals surface area (Å²) in [5, 5.41) is 4.41. The van der Waals surface area contributed by atoms with Crippen LogP contribution in [0.1, 0.15) is 0 Å². The average molecular weight is 502 g/mol. The summed E-state index contributed by atoms with van der Waals surface area (Å²) in [6, 6.07) is 48.4. The van der Waals surface area contributed by atoms with Gasteiger partial charge in [0.15, 0.2) is 5.58 Å². The van der Waals surface area contributed by atoms with Crippen molar-refractivity contribution in [3.05, 3.63) is 140 Å². The zero-order valence-electron chi connectivity index (χ0n) is 21.0. The summed E-state index contributed by atoms with van der Waals surface area (Å²) in [4.78, 5) is 2.28. The highest BCUT2D eigenvalue weighted by atomic mass is 16.3. The lowest BCUT2D eigenvalue weighted by atomic mass is 10.0. The highest BCUT2D eigenvalue weighted by molar-refractivity contribution is 6.11. The van der Waals surface area contributed by atoms with Gasteiger partial charge in [0.25, 0.3) is 0 Å². The predicted molar refractivity (Wildman–Crippen MR) is 161 cm³/mol. The fourth-order valence-corrected chi connectivity index (χ4v) is 5.62. The Balaban J connectivity index is 1.37. The second kappa shape index (κ2) is 8.64. The summed E-state index contributed by atoms with van der Waals surface area (Å²) in [6.07, 6.45) is 0. The summed E-state index contributed by atoms with van der Waals surface area (Å²) in [5.74, 6) is 0. The van der Waals surface area contributed by atoms with Crippen LogP contribution in [0.3, 0.4) is 0 Å². The molecule has 0 radical (unpaired) electrons. The monoisotopic (exact) mass is 501 g/mol. The van der Waals surface area contributed by atoms with Crippen LogP contribution in [0.2, 0.25) is 0 Å². The van der Waals surface area contributed by atoms with Crippen LogP contribution in [0.5, 0.6) is 0 Å². The number of anilines is 3. The molecule has 2 heterocycles. The van der Waals surface area contributed by atoms with Crippen molar-refractivity contribution in [3.8, 4) is 11.1 Å². The van der Waals surface area contributed by atoms with Gasteiger partial charge >= 0.3 is 0 Å². The van der Waals surface area contributed by atoms with E-state index < -0.39 is 0 Å². The van der Waals surface area contributed by atoms with Crippen molar-refractivity contribution in [1.29, 1.82) is 0 Å². The number of para-hydroxylation sites is 3. The van der Waals surface area contributed by atoms with Crippen molar-refractivity contribution >= 4 is 60.9 Å². The molecule has 3 heteroatoms. The summed E-state index contributed by atoms with van der Waals surface area (Å²) >= 11 is 0. The number of benzene rings is 6. The number of fused-ring (bicyclic) bond motifs is 6. The molecular weight excluding hydrogens is 478 g/mol. The SMILES string of the molecule is c1ccc(-c2ccc(N(c3ccc4oc5ccccc5c4c3)c3cccc4c3oc3ccccc34)cc2)cc1. The van der Waals surface area contributed by atoms with E-state index in [1.165, 1.54) is 11.1 Å². The summed E-state index contributed by atoms with van der Waals surface area (Å²) in [5.41, 5.74) is 8.97. The molecule has 3 nitrogen and oxygen atoms in total. The summed E-state index contributed by atoms with van der Waals surface area (Å²) in [6.45, 7) is 0. The quantitative estimate of drug-likeness (QED) is 0.240. The van der Waals surface area contributed by atoms with Gasteiger partial charge in [-0.05, 0) is 59.7 Å². The Bertz CT molecular complexity index is 2120. The van der Waals surface area contributed by atoms with E-state index in [1.807, 2.05) is 30.3 Å². The van der Waals surface area contributed by atoms with Crippen molar-refractivity contribution in [2.45, 2.75) is 0 Å². The van der Waals surface area contributed by atoms with E-state index >= 15 is 0 Å². The molecule has 0 aliphatic rings. The molecule has 0 amide bonds. The first-order valence-corrected chi connectivity index (χ1v) is 13.1.